The number of hydrogen-bond acceptors (Lipinski definition) is 7. The normalized spacial score (nSPS) is 35.4. The average molecular weight is 366 g/mol. The van der Waals surface area contributed by atoms with E-state index in [0.717, 1.165) is 0 Å². The van der Waals surface area contributed by atoms with Crippen LogP contribution in [0.1, 0.15) is 33.6 Å². The summed E-state index contributed by atoms with van der Waals surface area (Å²) < 4.78 is 27.9. The lowest BCUT2D eigenvalue weighted by molar-refractivity contribution is -0.145. The fourth-order valence-corrected chi connectivity index (χ4v) is 3.90. The van der Waals surface area contributed by atoms with E-state index >= 15 is 0 Å². The maximum atomic E-state index is 12.4. The molecule has 0 aromatic heterocycles. The van der Waals surface area contributed by atoms with Gasteiger partial charge in [0.1, 0.15) is 23.9 Å². The maximum absolute atomic E-state index is 12.4. The van der Waals surface area contributed by atoms with Crippen LogP contribution in [0.4, 0.5) is 0 Å². The largest absolute Gasteiger partial charge is 0.465 e. The van der Waals surface area contributed by atoms with E-state index in [1.807, 2.05) is 13.8 Å². The molecule has 1 saturated heterocycles. The Labute approximate surface area is 141 Å². The van der Waals surface area contributed by atoms with Crippen molar-refractivity contribution >= 4 is 13.6 Å². The molecule has 10 heteroatoms. The second kappa shape index (κ2) is 7.37. The molecule has 140 valence electrons. The van der Waals surface area contributed by atoms with Gasteiger partial charge in [-0.15, -0.1) is 0 Å². The van der Waals surface area contributed by atoms with E-state index in [9.17, 15) is 19.6 Å². The van der Waals surface area contributed by atoms with E-state index in [1.54, 1.807) is 6.92 Å². The Kier molecular flexibility index (Phi) is 6.08. The van der Waals surface area contributed by atoms with Gasteiger partial charge >= 0.3 is 13.6 Å². The van der Waals surface area contributed by atoms with Crippen molar-refractivity contribution in [3.8, 4) is 0 Å². The molecule has 1 aliphatic carbocycles. The number of aliphatic hydroxyl groups is 2. The molecular weight excluding hydrogens is 339 g/mol. The third kappa shape index (κ3) is 4.54. The molecule has 2 fully saturated rings. The van der Waals surface area contributed by atoms with Crippen LogP contribution in [-0.4, -0.2) is 59.4 Å². The van der Waals surface area contributed by atoms with Gasteiger partial charge in [0, 0.05) is 6.42 Å². The highest BCUT2D eigenvalue weighted by Crippen LogP contribution is 2.50. The van der Waals surface area contributed by atoms with Crippen molar-refractivity contribution in [1.29, 1.82) is 0 Å². The molecule has 0 amide bonds. The highest BCUT2D eigenvalue weighted by molar-refractivity contribution is 7.54. The average Bonchev–Trinajstić information content (AvgIpc) is 3.06. The predicted octanol–water partition coefficient (Wildman–Crippen LogP) is -0.0997. The van der Waals surface area contributed by atoms with Gasteiger partial charge in [0.25, 0.3) is 0 Å². The summed E-state index contributed by atoms with van der Waals surface area (Å²) in [6.07, 6.45) is -1.58. The van der Waals surface area contributed by atoms with Crippen molar-refractivity contribution in [1.82, 2.24) is 5.09 Å². The van der Waals surface area contributed by atoms with Crippen LogP contribution in [-0.2, 0) is 23.4 Å². The zero-order chi connectivity index (χ0) is 18.1. The van der Waals surface area contributed by atoms with Crippen molar-refractivity contribution in [2.45, 2.75) is 63.6 Å². The van der Waals surface area contributed by atoms with Gasteiger partial charge in [-0.1, -0.05) is 13.8 Å². The highest BCUT2D eigenvalue weighted by atomic mass is 31.2. The molecule has 0 bridgehead atoms. The Hall–Kier alpha value is -0.540. The Morgan fingerprint density at radius 2 is 2.21 bits per heavy atom. The first-order valence-electron chi connectivity index (χ1n) is 8.12. The predicted molar refractivity (Wildman–Crippen MR) is 85.0 cm³/mol. The van der Waals surface area contributed by atoms with Crippen molar-refractivity contribution in [2.24, 2.45) is 11.4 Å². The summed E-state index contributed by atoms with van der Waals surface area (Å²) in [5, 5.41) is 22.4. The summed E-state index contributed by atoms with van der Waals surface area (Å²) in [6, 6.07) is -0.854. The van der Waals surface area contributed by atoms with E-state index in [-0.39, 0.29) is 19.1 Å². The zero-order valence-electron chi connectivity index (χ0n) is 14.2. The molecular formula is C14H27N2O7P. The molecule has 0 spiro atoms. The number of nitrogens with two attached hydrogens (primary N) is 1. The minimum atomic E-state index is -3.81. The van der Waals surface area contributed by atoms with Gasteiger partial charge in [-0.25, -0.2) is 10.6 Å². The van der Waals surface area contributed by atoms with Crippen molar-refractivity contribution in [3.63, 3.8) is 0 Å². The first-order chi connectivity index (χ1) is 11.1. The van der Waals surface area contributed by atoms with Gasteiger partial charge in [0.2, 0.25) is 0 Å². The molecule has 2 aliphatic rings. The molecule has 1 aliphatic heterocycles. The Bertz CT molecular complexity index is 517. The number of nitrogens with one attached hydrogen (secondary N) is 1. The number of ether oxygens (including phenoxy) is 2. The molecule has 3 unspecified atom stereocenters. The van der Waals surface area contributed by atoms with Crippen molar-refractivity contribution in [2.75, 3.05) is 13.2 Å². The van der Waals surface area contributed by atoms with Crippen LogP contribution in [0.3, 0.4) is 0 Å². The molecule has 0 aromatic carbocycles. The molecule has 0 aromatic rings. The van der Waals surface area contributed by atoms with Crippen LogP contribution in [0.2, 0.25) is 0 Å². The Morgan fingerprint density at radius 1 is 1.54 bits per heavy atom. The Morgan fingerprint density at radius 3 is 2.71 bits per heavy atom. The second-order valence-electron chi connectivity index (χ2n) is 6.76. The molecule has 1 saturated carbocycles. The molecule has 6 atom stereocenters. The summed E-state index contributed by atoms with van der Waals surface area (Å²) in [6.45, 7) is 5.44. The highest BCUT2D eigenvalue weighted by Gasteiger charge is 2.67. The fraction of sp³-hybridized carbons (Fsp3) is 0.929. The number of rotatable bonds is 9. The third-order valence-corrected chi connectivity index (χ3v) is 5.36. The van der Waals surface area contributed by atoms with Crippen LogP contribution in [0.15, 0.2) is 0 Å². The maximum Gasteiger partial charge on any atom is 0.338 e. The number of aliphatic hydroxyl groups excluding tert-OH is 1. The van der Waals surface area contributed by atoms with Crippen molar-refractivity contribution in [3.05, 3.63) is 0 Å². The van der Waals surface area contributed by atoms with Crippen LogP contribution >= 0.6 is 7.67 Å². The summed E-state index contributed by atoms with van der Waals surface area (Å²) in [5.74, 6) is -0.401. The van der Waals surface area contributed by atoms with E-state index < -0.39 is 43.6 Å². The number of hydrogen-bond donors (Lipinski definition) is 4. The van der Waals surface area contributed by atoms with Crippen LogP contribution < -0.4 is 10.6 Å². The molecule has 1 heterocycles. The monoisotopic (exact) mass is 366 g/mol. The molecule has 0 radical (unpaired) electrons. The topological polar surface area (TPSA) is 140 Å². The first-order valence-corrected chi connectivity index (χ1v) is 9.82. The lowest BCUT2D eigenvalue weighted by Crippen LogP contribution is -2.41. The number of carbonyl (C=O) groups excluding carboxylic acids is 1. The van der Waals surface area contributed by atoms with E-state index in [1.165, 1.54) is 0 Å². The van der Waals surface area contributed by atoms with E-state index in [4.69, 9.17) is 19.5 Å². The summed E-state index contributed by atoms with van der Waals surface area (Å²) in [5.41, 5.74) is 4.41. The third-order valence-electron chi connectivity index (χ3n) is 4.16. The van der Waals surface area contributed by atoms with Crippen LogP contribution in [0, 0.1) is 5.92 Å². The molecule has 5 N–H and O–H groups in total. The Balaban J connectivity index is 1.88. The SMILES string of the molecule is CCOC(=O)[C@H](CC(C)C)NP(N)(=O)OC[C@H]1O[C@H]2CC2(O)C1O. The van der Waals surface area contributed by atoms with Gasteiger partial charge in [-0.2, -0.15) is 0 Å². The molecule has 9 nitrogen and oxygen atoms in total. The van der Waals surface area contributed by atoms with Gasteiger partial charge in [-0.3, -0.25) is 9.36 Å². The summed E-state index contributed by atoms with van der Waals surface area (Å²) in [4.78, 5) is 11.9. The first kappa shape index (κ1) is 19.8. The molecule has 24 heavy (non-hydrogen) atoms. The lowest BCUT2D eigenvalue weighted by Gasteiger charge is -2.25. The second-order valence-corrected chi connectivity index (χ2v) is 8.47. The van der Waals surface area contributed by atoms with Gasteiger partial charge < -0.3 is 24.2 Å². The van der Waals surface area contributed by atoms with Gasteiger partial charge in [0.05, 0.1) is 19.3 Å². The zero-order valence-corrected chi connectivity index (χ0v) is 15.1. The van der Waals surface area contributed by atoms with E-state index in [2.05, 4.69) is 5.09 Å². The summed E-state index contributed by atoms with van der Waals surface area (Å²) >= 11 is 0. The lowest BCUT2D eigenvalue weighted by atomic mass is 10.1. The van der Waals surface area contributed by atoms with Crippen molar-refractivity contribution < 1.29 is 33.6 Å². The minimum absolute atomic E-state index is 0.147. The number of fused-ring (bicyclic) bond motifs is 1. The molecule has 2 rings (SSSR count). The fourth-order valence-electron chi connectivity index (χ4n) is 2.81. The summed E-state index contributed by atoms with van der Waals surface area (Å²) in [7, 11) is -3.81. The van der Waals surface area contributed by atoms with E-state index in [0.29, 0.717) is 12.8 Å². The smallest absolute Gasteiger partial charge is 0.338 e. The van der Waals surface area contributed by atoms with Gasteiger partial charge in [-0.05, 0) is 19.3 Å². The standard InChI is InChI=1S/C14H27N2O7P/c1-4-21-13(18)9(5-8(2)3)16-24(15,20)22-7-10-12(17)14(19)6-11(14)23-10/h8-12,17,19H,4-7H2,1-3H3,(H3,15,16,20)/t9-,10+,11-,12?,14?,24?/m0/s1. The van der Waals surface area contributed by atoms with Crippen LogP contribution in [0.25, 0.3) is 0 Å². The van der Waals surface area contributed by atoms with Gasteiger partial charge in [0.15, 0.2) is 0 Å². The number of carbonyl (C=O) groups is 1. The number of esters is 1. The minimum Gasteiger partial charge on any atom is -0.465 e. The quantitative estimate of drug-likeness (QED) is 0.325. The van der Waals surface area contributed by atoms with Crippen LogP contribution in [0.5, 0.6) is 0 Å².